The Kier molecular flexibility index (Phi) is 8.73. The van der Waals surface area contributed by atoms with Crippen LogP contribution >= 0.6 is 7.26 Å². The van der Waals surface area contributed by atoms with E-state index in [9.17, 15) is 5.26 Å². The number of allylic oxidation sites excluding steroid dienone is 1. The highest BCUT2D eigenvalue weighted by Crippen LogP contribution is 2.62. The van der Waals surface area contributed by atoms with Gasteiger partial charge in [-0.25, -0.2) is 18.6 Å². The summed E-state index contributed by atoms with van der Waals surface area (Å²) in [4.78, 5) is 1.96. The van der Waals surface area contributed by atoms with E-state index in [0.717, 1.165) is 5.31 Å². The van der Waals surface area contributed by atoms with E-state index in [1.807, 2.05) is 43.4 Å². The van der Waals surface area contributed by atoms with E-state index in [0.29, 0.717) is 0 Å². The molecule has 0 heterocycles. The molecule has 3 aromatic rings. The molecule has 3 rings (SSSR count). The Labute approximate surface area is 185 Å². The van der Waals surface area contributed by atoms with E-state index in [1.54, 1.807) is 0 Å². The van der Waals surface area contributed by atoms with E-state index in [4.69, 9.17) is 18.6 Å². The lowest BCUT2D eigenvalue weighted by Crippen LogP contribution is -2.68. The average Bonchev–Trinajstić information content (AvgIpc) is 2.74. The number of benzene rings is 3. The molecule has 0 saturated heterocycles. The van der Waals surface area contributed by atoms with Gasteiger partial charge in [0.15, 0.2) is 7.26 Å². The van der Waals surface area contributed by atoms with Gasteiger partial charge in [-0.2, -0.15) is 5.26 Å². The highest BCUT2D eigenvalue weighted by Gasteiger charge is 2.50. The lowest BCUT2D eigenvalue weighted by Gasteiger charge is -2.27. The van der Waals surface area contributed by atoms with Crippen molar-refractivity contribution < 1.29 is 28.9 Å². The third-order valence-electron chi connectivity index (χ3n) is 4.29. The molecule has 6 nitrogen and oxygen atoms in total. The van der Waals surface area contributed by atoms with Crippen LogP contribution in [0.4, 0.5) is 0 Å². The molecule has 160 valence electrons. The molecule has 0 aliphatic heterocycles. The quantitative estimate of drug-likeness (QED) is 0.364. The summed E-state index contributed by atoms with van der Waals surface area (Å²) in [5.41, 5.74) is 0. The van der Waals surface area contributed by atoms with Crippen LogP contribution in [0.3, 0.4) is 0 Å². The van der Waals surface area contributed by atoms with Gasteiger partial charge in [-0.3, -0.25) is 0 Å². The van der Waals surface area contributed by atoms with Crippen molar-refractivity contribution in [1.29, 1.82) is 5.26 Å². The van der Waals surface area contributed by atoms with Crippen LogP contribution in [0.15, 0.2) is 103 Å². The monoisotopic (exact) mass is 456 g/mol. The maximum Gasteiger partial charge on any atom is 0.201 e. The zero-order valence-electron chi connectivity index (χ0n) is 17.1. The molecule has 0 bridgehead atoms. The molecule has 0 saturated carbocycles. The van der Waals surface area contributed by atoms with Crippen LogP contribution in [0.2, 0.25) is 0 Å². The van der Waals surface area contributed by atoms with Crippen molar-refractivity contribution in [2.24, 2.45) is 0 Å². The molecule has 0 radical (unpaired) electrons. The minimum atomic E-state index is -4.94. The maximum absolute atomic E-state index is 10.2. The Morgan fingerprint density at radius 2 is 1.03 bits per heavy atom. The number of nitrogens with zero attached hydrogens (tertiary/aromatic N) is 2. The highest BCUT2D eigenvalue weighted by atomic mass is 35.7. The normalized spacial score (nSPS) is 11.7. The zero-order chi connectivity index (χ0) is 22.9. The Morgan fingerprint density at radius 3 is 1.26 bits per heavy atom. The Bertz CT molecular complexity index is 916. The van der Waals surface area contributed by atoms with E-state index >= 15 is 0 Å². The topological polar surface area (TPSA) is 119 Å². The number of hydrogen-bond acceptors (Lipinski definition) is 6. The van der Waals surface area contributed by atoms with Gasteiger partial charge in [0.1, 0.15) is 22.0 Å². The Balaban J connectivity index is 0.000000614. The summed E-state index contributed by atoms with van der Waals surface area (Å²) in [5, 5.41) is 14.5. The van der Waals surface area contributed by atoms with Crippen molar-refractivity contribution in [1.82, 2.24) is 4.90 Å². The fraction of sp³-hybridized carbons (Fsp3) is 0.0870. The fourth-order valence-electron chi connectivity index (χ4n) is 3.25. The molecule has 3 aromatic carbocycles. The van der Waals surface area contributed by atoms with Crippen LogP contribution < -0.4 is 34.5 Å². The Morgan fingerprint density at radius 1 is 0.742 bits per heavy atom. The molecule has 0 spiro atoms. The molecular formula is C23H22ClN2O4P. The lowest BCUT2D eigenvalue weighted by molar-refractivity contribution is -2.00. The molecule has 0 unspecified atom stereocenters. The van der Waals surface area contributed by atoms with Crippen molar-refractivity contribution in [3.8, 4) is 6.07 Å². The van der Waals surface area contributed by atoms with E-state index in [1.165, 1.54) is 15.9 Å². The molecule has 0 aromatic heterocycles. The van der Waals surface area contributed by atoms with Crippen molar-refractivity contribution in [2.45, 2.75) is 0 Å². The number of rotatable bonds is 5. The first kappa shape index (κ1) is 24.5. The Hall–Kier alpha value is -2.75. The summed E-state index contributed by atoms with van der Waals surface area (Å²) in [5.74, 6) is 0. The third kappa shape index (κ3) is 6.61. The molecule has 0 atom stereocenters. The summed E-state index contributed by atoms with van der Waals surface area (Å²) in [6, 6.07) is 33.8. The zero-order valence-corrected chi connectivity index (χ0v) is 18.7. The summed E-state index contributed by atoms with van der Waals surface area (Å²) in [6.07, 6.45) is 1.97. The largest absolute Gasteiger partial charge is 0.380 e. The van der Waals surface area contributed by atoms with Crippen molar-refractivity contribution in [3.05, 3.63) is 103 Å². The molecule has 0 fully saturated rings. The highest BCUT2D eigenvalue weighted by molar-refractivity contribution is 7.99. The van der Waals surface area contributed by atoms with E-state index < -0.39 is 17.5 Å². The van der Waals surface area contributed by atoms with Crippen LogP contribution in [0.5, 0.6) is 0 Å². The first-order valence-electron chi connectivity index (χ1n) is 9.16. The summed E-state index contributed by atoms with van der Waals surface area (Å²) < 4.78 is 34.0. The summed E-state index contributed by atoms with van der Waals surface area (Å²) in [6.45, 7) is 0. The van der Waals surface area contributed by atoms with Crippen molar-refractivity contribution >= 4 is 23.2 Å². The van der Waals surface area contributed by atoms with Gasteiger partial charge in [0.2, 0.25) is 5.31 Å². The third-order valence-corrected chi connectivity index (χ3v) is 8.44. The van der Waals surface area contributed by atoms with Gasteiger partial charge in [-0.1, -0.05) is 54.6 Å². The average molecular weight is 457 g/mol. The predicted octanol–water partition coefficient (Wildman–Crippen LogP) is -0.849. The van der Waals surface area contributed by atoms with Gasteiger partial charge in [0, 0.05) is 14.1 Å². The minimum Gasteiger partial charge on any atom is -0.380 e. The van der Waals surface area contributed by atoms with Crippen LogP contribution in [-0.4, -0.2) is 19.0 Å². The number of halogens is 1. The van der Waals surface area contributed by atoms with Crippen LogP contribution in [0, 0.1) is 21.6 Å². The SMILES string of the molecule is CN(C)C=C(C#N)[P+](c1ccccc1)(c1ccccc1)c1ccccc1.[O-][Cl+3]([O-])([O-])[O-]. The summed E-state index contributed by atoms with van der Waals surface area (Å²) in [7, 11) is -3.27. The second kappa shape index (κ2) is 11.0. The first-order chi connectivity index (χ1) is 14.7. The van der Waals surface area contributed by atoms with E-state index in [2.05, 4.69) is 78.9 Å². The van der Waals surface area contributed by atoms with Gasteiger partial charge in [0.05, 0.1) is 6.20 Å². The molecule has 0 amide bonds. The van der Waals surface area contributed by atoms with Crippen LogP contribution in [0.1, 0.15) is 0 Å². The maximum atomic E-state index is 10.2. The lowest BCUT2D eigenvalue weighted by atomic mass is 10.4. The fourth-order valence-corrected chi connectivity index (χ4v) is 7.40. The van der Waals surface area contributed by atoms with Gasteiger partial charge < -0.3 is 4.90 Å². The second-order valence-electron chi connectivity index (χ2n) is 6.65. The van der Waals surface area contributed by atoms with Gasteiger partial charge >= 0.3 is 0 Å². The molecule has 0 aliphatic rings. The molecule has 31 heavy (non-hydrogen) atoms. The van der Waals surface area contributed by atoms with Gasteiger partial charge in [-0.15, -0.1) is 10.2 Å². The van der Waals surface area contributed by atoms with Crippen LogP contribution in [-0.2, 0) is 0 Å². The van der Waals surface area contributed by atoms with E-state index in [-0.39, 0.29) is 0 Å². The van der Waals surface area contributed by atoms with Crippen LogP contribution in [0.25, 0.3) is 0 Å². The standard InChI is InChI=1S/C23H22N2P.ClHO4/c1-25(2)19-23(18-24)26(20-12-6-3-7-13-20,21-14-8-4-9-15-21)22-16-10-5-11-17-22;2-1(3,4)5/h3-17,19H,1-2H3;(H,2,3,4,5)/q+1;/p-1. The summed E-state index contributed by atoms with van der Waals surface area (Å²) >= 11 is 0. The predicted molar refractivity (Wildman–Crippen MR) is 113 cm³/mol. The van der Waals surface area contributed by atoms with Crippen molar-refractivity contribution in [2.75, 3.05) is 14.1 Å². The molecule has 0 N–H and O–H groups in total. The second-order valence-corrected chi connectivity index (χ2v) is 10.8. The van der Waals surface area contributed by atoms with Crippen molar-refractivity contribution in [3.63, 3.8) is 0 Å². The number of nitriles is 1. The molecule has 8 heteroatoms. The first-order valence-corrected chi connectivity index (χ1v) is 12.2. The number of hydrogen-bond donors (Lipinski definition) is 0. The molecule has 0 aliphatic carbocycles. The van der Waals surface area contributed by atoms with Gasteiger partial charge in [-0.05, 0) is 36.4 Å². The smallest absolute Gasteiger partial charge is 0.201 e. The van der Waals surface area contributed by atoms with Gasteiger partial charge in [0.25, 0.3) is 0 Å². The minimum absolute atomic E-state index is 0.797. The molecular weight excluding hydrogens is 435 g/mol.